The molecule has 2 saturated heterocycles. The molecule has 0 saturated carbocycles. The van der Waals surface area contributed by atoms with E-state index in [1.807, 2.05) is 37.1 Å². The van der Waals surface area contributed by atoms with Crippen molar-refractivity contribution in [1.29, 1.82) is 0 Å². The number of hydrogen-bond acceptors (Lipinski definition) is 5. The van der Waals surface area contributed by atoms with Gasteiger partial charge in [-0.1, -0.05) is 30.3 Å². The van der Waals surface area contributed by atoms with Gasteiger partial charge in [-0.05, 0) is 98.1 Å². The number of piperazine rings is 1. The topological polar surface area (TPSA) is 64.6 Å². The quantitative estimate of drug-likeness (QED) is 0.233. The van der Waals surface area contributed by atoms with Crippen LogP contribution in [0.25, 0.3) is 32.8 Å². The molecule has 8 rings (SSSR count). The number of anilines is 3. The summed E-state index contributed by atoms with van der Waals surface area (Å²) in [4.78, 5) is 30.2. The lowest BCUT2D eigenvalue weighted by Gasteiger charge is -2.39. The number of benzene rings is 3. The molecule has 5 heterocycles. The zero-order valence-corrected chi connectivity index (χ0v) is 26.0. The van der Waals surface area contributed by atoms with Crippen molar-refractivity contribution in [3.05, 3.63) is 89.9 Å². The van der Waals surface area contributed by atoms with Crippen molar-refractivity contribution in [1.82, 2.24) is 14.9 Å². The molecule has 44 heavy (non-hydrogen) atoms. The number of carbonyl (C=O) groups is 1. The molecule has 0 aliphatic carbocycles. The Balaban J connectivity index is 0.00000312. The Morgan fingerprint density at radius 1 is 0.864 bits per heavy atom. The van der Waals surface area contributed by atoms with Gasteiger partial charge >= 0.3 is 6.03 Å². The number of rotatable bonds is 3. The van der Waals surface area contributed by atoms with E-state index >= 15 is 0 Å². The zero-order valence-electron chi connectivity index (χ0n) is 25.2. The van der Waals surface area contributed by atoms with Crippen LogP contribution in [0.15, 0.2) is 72.9 Å². The summed E-state index contributed by atoms with van der Waals surface area (Å²) in [5.41, 5.74) is 9.49. The summed E-state index contributed by atoms with van der Waals surface area (Å²) in [5, 5.41) is 6.52. The van der Waals surface area contributed by atoms with E-state index in [0.717, 1.165) is 81.6 Å². The van der Waals surface area contributed by atoms with Gasteiger partial charge in [0.2, 0.25) is 0 Å². The van der Waals surface area contributed by atoms with Gasteiger partial charge in [0.25, 0.3) is 0 Å². The summed E-state index contributed by atoms with van der Waals surface area (Å²) in [5.74, 6) is 0. The minimum absolute atomic E-state index is 0. The van der Waals surface area contributed by atoms with E-state index in [-0.39, 0.29) is 18.4 Å². The van der Waals surface area contributed by atoms with Gasteiger partial charge in [-0.2, -0.15) is 0 Å². The number of nitrogens with zero attached hydrogens (tertiary/aromatic N) is 5. The van der Waals surface area contributed by atoms with E-state index in [2.05, 4.69) is 74.7 Å². The maximum absolute atomic E-state index is 13.9. The van der Waals surface area contributed by atoms with Gasteiger partial charge in [0, 0.05) is 72.0 Å². The summed E-state index contributed by atoms with van der Waals surface area (Å²) in [6, 6.07) is 23.8. The molecule has 1 N–H and O–H groups in total. The molecule has 0 radical (unpaired) electrons. The van der Waals surface area contributed by atoms with Gasteiger partial charge in [-0.25, -0.2) is 4.79 Å². The van der Waals surface area contributed by atoms with Crippen LogP contribution in [0.5, 0.6) is 0 Å². The molecule has 7 nitrogen and oxygen atoms in total. The minimum Gasteiger partial charge on any atom is -0.368 e. The molecule has 224 valence electrons. The van der Waals surface area contributed by atoms with Gasteiger partial charge in [0.15, 0.2) is 0 Å². The third-order valence-corrected chi connectivity index (χ3v) is 9.54. The molecule has 0 spiro atoms. The fourth-order valence-electron chi connectivity index (χ4n) is 7.55. The van der Waals surface area contributed by atoms with Crippen LogP contribution in [0, 0.1) is 13.8 Å². The molecule has 2 fully saturated rings. The summed E-state index contributed by atoms with van der Waals surface area (Å²) in [6.07, 6.45) is 5.34. The maximum Gasteiger partial charge on any atom is 0.326 e. The molecule has 8 heteroatoms. The molecule has 2 aromatic heterocycles. The van der Waals surface area contributed by atoms with Crippen LogP contribution in [-0.2, 0) is 6.42 Å². The molecule has 3 aliphatic rings. The number of nitrogens with one attached hydrogen (secondary N) is 1. The first-order valence-corrected chi connectivity index (χ1v) is 15.5. The Labute approximate surface area is 264 Å². The Kier molecular flexibility index (Phi) is 7.39. The van der Waals surface area contributed by atoms with E-state index in [0.29, 0.717) is 12.6 Å². The molecule has 3 aromatic carbocycles. The molecule has 0 unspecified atom stereocenters. The van der Waals surface area contributed by atoms with Gasteiger partial charge in [-0.15, -0.1) is 12.4 Å². The number of fused-ring (bicyclic) bond motifs is 4. The van der Waals surface area contributed by atoms with Crippen molar-refractivity contribution in [2.75, 3.05) is 47.8 Å². The van der Waals surface area contributed by atoms with Crippen LogP contribution < -0.4 is 15.1 Å². The largest absolute Gasteiger partial charge is 0.368 e. The summed E-state index contributed by atoms with van der Waals surface area (Å²) < 4.78 is 0. The molecular weight excluding hydrogens is 568 g/mol. The van der Waals surface area contributed by atoms with Crippen molar-refractivity contribution in [2.24, 2.45) is 0 Å². The van der Waals surface area contributed by atoms with Crippen molar-refractivity contribution >= 4 is 57.2 Å². The van der Waals surface area contributed by atoms with Crippen molar-refractivity contribution in [3.63, 3.8) is 0 Å². The third kappa shape index (κ3) is 4.94. The molecule has 3 aliphatic heterocycles. The van der Waals surface area contributed by atoms with Crippen molar-refractivity contribution in [3.8, 4) is 11.1 Å². The second-order valence-corrected chi connectivity index (χ2v) is 12.3. The van der Waals surface area contributed by atoms with E-state index < -0.39 is 0 Å². The highest BCUT2D eigenvalue weighted by molar-refractivity contribution is 6.11. The lowest BCUT2D eigenvalue weighted by Crippen LogP contribution is -2.50. The van der Waals surface area contributed by atoms with E-state index in [4.69, 9.17) is 4.98 Å². The second kappa shape index (κ2) is 11.4. The Bertz CT molecular complexity index is 1890. The maximum atomic E-state index is 13.9. The van der Waals surface area contributed by atoms with E-state index in [1.54, 1.807) is 0 Å². The summed E-state index contributed by atoms with van der Waals surface area (Å²) >= 11 is 0. The van der Waals surface area contributed by atoms with Gasteiger partial charge in [-0.3, -0.25) is 19.8 Å². The number of carbonyl (C=O) groups excluding carboxylic acids is 1. The predicted octanol–water partition coefficient (Wildman–Crippen LogP) is 7.37. The monoisotopic (exact) mass is 604 g/mol. The third-order valence-electron chi connectivity index (χ3n) is 9.54. The minimum atomic E-state index is -0.100. The average Bonchev–Trinajstić information content (AvgIpc) is 3.65. The highest BCUT2D eigenvalue weighted by atomic mass is 35.5. The number of aromatic nitrogens is 2. The highest BCUT2D eigenvalue weighted by Crippen LogP contribution is 2.38. The lowest BCUT2D eigenvalue weighted by molar-refractivity contribution is 0.231. The van der Waals surface area contributed by atoms with Crippen LogP contribution in [-0.4, -0.2) is 59.7 Å². The number of halogens is 1. The lowest BCUT2D eigenvalue weighted by atomic mass is 9.97. The normalized spacial score (nSPS) is 17.9. The molecule has 1 atom stereocenters. The first-order valence-electron chi connectivity index (χ1n) is 15.5. The zero-order chi connectivity index (χ0) is 29.1. The fourth-order valence-corrected chi connectivity index (χ4v) is 7.55. The average molecular weight is 605 g/mol. The Morgan fingerprint density at radius 3 is 2.55 bits per heavy atom. The summed E-state index contributed by atoms with van der Waals surface area (Å²) in [6.45, 7) is 9.13. The van der Waals surface area contributed by atoms with Crippen molar-refractivity contribution in [2.45, 2.75) is 39.2 Å². The molecule has 2 amide bonds. The van der Waals surface area contributed by atoms with Crippen LogP contribution in [0.4, 0.5) is 21.9 Å². The number of hydrogen-bond donors (Lipinski definition) is 1. The number of aryl methyl sites for hydroxylation is 2. The van der Waals surface area contributed by atoms with Crippen molar-refractivity contribution < 1.29 is 4.79 Å². The van der Waals surface area contributed by atoms with E-state index in [1.165, 1.54) is 30.6 Å². The summed E-state index contributed by atoms with van der Waals surface area (Å²) in [7, 11) is 0. The molecule has 0 bridgehead atoms. The predicted molar refractivity (Wildman–Crippen MR) is 183 cm³/mol. The standard InChI is InChI=1S/C36H36N6O.ClH/c1-23-18-26(19-24(2)38-23)28-7-3-9-30-29(28)8-4-10-32(30)39-36(43)42-15-12-25-20-33-31(21-35(25)42)34(11-13-37-33)41-17-16-40-14-5-6-27(40)22-41;/h3-4,7-11,13,18-21,27H,5-6,12,14-17,22H2,1-2H3,(H,39,43);1H/t27-;/m0./s1. The first kappa shape index (κ1) is 28.6. The molecular formula is C36H37ClN6O. The Morgan fingerprint density at radius 2 is 1.68 bits per heavy atom. The first-order chi connectivity index (χ1) is 21.0. The SMILES string of the molecule is Cc1cc(-c2cccc3c(NC(=O)N4CCc5cc6nccc(N7CCN8CCC[C@H]8C7)c6cc54)cccc23)cc(C)n1.Cl. The van der Waals surface area contributed by atoms with Gasteiger partial charge in [0.1, 0.15) is 0 Å². The van der Waals surface area contributed by atoms with E-state index in [9.17, 15) is 4.79 Å². The van der Waals surface area contributed by atoms with Crippen LogP contribution in [0.3, 0.4) is 0 Å². The smallest absolute Gasteiger partial charge is 0.326 e. The van der Waals surface area contributed by atoms with Gasteiger partial charge in [0.05, 0.1) is 11.2 Å². The van der Waals surface area contributed by atoms with Gasteiger partial charge < -0.3 is 10.2 Å². The number of urea groups is 1. The fraction of sp³-hybridized carbons (Fsp3) is 0.306. The highest BCUT2D eigenvalue weighted by Gasteiger charge is 2.32. The number of amides is 2. The second-order valence-electron chi connectivity index (χ2n) is 12.3. The molecule has 5 aromatic rings. The van der Waals surface area contributed by atoms with Crippen LogP contribution >= 0.6 is 12.4 Å². The number of pyridine rings is 2. The Hall–Kier alpha value is -4.20. The van der Waals surface area contributed by atoms with Crippen LogP contribution in [0.1, 0.15) is 29.8 Å². The van der Waals surface area contributed by atoms with Crippen LogP contribution in [0.2, 0.25) is 0 Å².